The Morgan fingerprint density at radius 2 is 1.89 bits per heavy atom. The lowest BCUT2D eigenvalue weighted by molar-refractivity contribution is -0.142. The number of rotatable bonds is 11. The number of hydrogen-bond donors (Lipinski definition) is 2. The normalized spacial score (nSPS) is 11.4. The summed E-state index contributed by atoms with van der Waals surface area (Å²) in [6.45, 7) is 2.48. The molecule has 0 spiro atoms. The second-order valence-corrected chi connectivity index (χ2v) is 5.83. The number of carbonyl (C=O) groups excluding carboxylic acids is 1. The molecule has 0 bridgehead atoms. The summed E-state index contributed by atoms with van der Waals surface area (Å²) >= 11 is 0. The van der Waals surface area contributed by atoms with Crippen molar-refractivity contribution in [1.82, 2.24) is 4.72 Å². The van der Waals surface area contributed by atoms with Crippen LogP contribution in [0.4, 0.5) is 0 Å². The smallest absolute Gasteiger partial charge is 0.306 e. The standard InChI is InChI=1S/C11H23NO5S/c1-2-17-11(14)7-10-18(15,16)12-8-5-3-4-6-9-13/h12-13H,2-10H2,1H3. The van der Waals surface area contributed by atoms with Crippen molar-refractivity contribution < 1.29 is 23.1 Å². The molecule has 0 aromatic rings. The van der Waals surface area contributed by atoms with Gasteiger partial charge in [-0.2, -0.15) is 0 Å². The van der Waals surface area contributed by atoms with E-state index < -0.39 is 16.0 Å². The van der Waals surface area contributed by atoms with Gasteiger partial charge in [0, 0.05) is 13.2 Å². The number of nitrogens with one attached hydrogen (secondary N) is 1. The van der Waals surface area contributed by atoms with Gasteiger partial charge in [-0.05, 0) is 19.8 Å². The molecule has 6 nitrogen and oxygen atoms in total. The van der Waals surface area contributed by atoms with Crippen LogP contribution in [0, 0.1) is 0 Å². The molecule has 0 aromatic heterocycles. The molecule has 108 valence electrons. The molecule has 0 saturated heterocycles. The van der Waals surface area contributed by atoms with Gasteiger partial charge in [-0.3, -0.25) is 4.79 Å². The van der Waals surface area contributed by atoms with E-state index in [0.29, 0.717) is 6.54 Å². The Labute approximate surface area is 109 Å². The van der Waals surface area contributed by atoms with Crippen LogP contribution in [0.1, 0.15) is 39.0 Å². The van der Waals surface area contributed by atoms with Crippen molar-refractivity contribution >= 4 is 16.0 Å². The number of aliphatic hydroxyl groups excluding tert-OH is 1. The molecule has 0 aliphatic heterocycles. The molecule has 0 rings (SSSR count). The monoisotopic (exact) mass is 281 g/mol. The number of esters is 1. The molecule has 0 radical (unpaired) electrons. The fourth-order valence-electron chi connectivity index (χ4n) is 1.34. The van der Waals surface area contributed by atoms with E-state index in [1.54, 1.807) is 6.92 Å². The zero-order valence-electron chi connectivity index (χ0n) is 10.9. The molecule has 0 amide bonds. The lowest BCUT2D eigenvalue weighted by atomic mass is 10.2. The fourth-order valence-corrected chi connectivity index (χ4v) is 2.38. The van der Waals surface area contributed by atoms with Crippen LogP contribution in [0.3, 0.4) is 0 Å². The summed E-state index contributed by atoms with van der Waals surface area (Å²) in [4.78, 5) is 11.0. The third kappa shape index (κ3) is 10.5. The maximum atomic E-state index is 11.5. The van der Waals surface area contributed by atoms with Crippen molar-refractivity contribution in [2.75, 3.05) is 25.5 Å². The summed E-state index contributed by atoms with van der Waals surface area (Å²) < 4.78 is 30.0. The summed E-state index contributed by atoms with van der Waals surface area (Å²) in [5.74, 6) is -0.728. The van der Waals surface area contributed by atoms with Gasteiger partial charge >= 0.3 is 5.97 Å². The third-order valence-electron chi connectivity index (χ3n) is 2.29. The van der Waals surface area contributed by atoms with Crippen molar-refractivity contribution in [2.24, 2.45) is 0 Å². The topological polar surface area (TPSA) is 92.7 Å². The van der Waals surface area contributed by atoms with E-state index in [1.807, 2.05) is 0 Å². The fraction of sp³-hybridized carbons (Fsp3) is 0.909. The van der Waals surface area contributed by atoms with Crippen LogP contribution in [0.2, 0.25) is 0 Å². The first kappa shape index (κ1) is 17.3. The maximum Gasteiger partial charge on any atom is 0.306 e. The summed E-state index contributed by atoms with van der Waals surface area (Å²) in [7, 11) is -3.39. The van der Waals surface area contributed by atoms with Gasteiger partial charge in [0.05, 0.1) is 18.8 Å². The summed E-state index contributed by atoms with van der Waals surface area (Å²) in [6.07, 6.45) is 3.13. The highest BCUT2D eigenvalue weighted by molar-refractivity contribution is 7.89. The van der Waals surface area contributed by atoms with E-state index >= 15 is 0 Å². The van der Waals surface area contributed by atoms with E-state index in [9.17, 15) is 13.2 Å². The van der Waals surface area contributed by atoms with Gasteiger partial charge in [-0.15, -0.1) is 0 Å². The van der Waals surface area contributed by atoms with Crippen molar-refractivity contribution in [3.8, 4) is 0 Å². The van der Waals surface area contributed by atoms with Gasteiger partial charge in [-0.1, -0.05) is 12.8 Å². The first-order valence-corrected chi connectivity index (χ1v) is 7.91. The number of carbonyl (C=O) groups is 1. The molecule has 0 heterocycles. The van der Waals surface area contributed by atoms with Gasteiger partial charge in [0.2, 0.25) is 10.0 Å². The highest BCUT2D eigenvalue weighted by atomic mass is 32.2. The van der Waals surface area contributed by atoms with Crippen molar-refractivity contribution in [3.63, 3.8) is 0 Å². The van der Waals surface area contributed by atoms with Gasteiger partial charge in [-0.25, -0.2) is 13.1 Å². The molecule has 0 fully saturated rings. The molecule has 2 N–H and O–H groups in total. The van der Waals surface area contributed by atoms with Crippen LogP contribution in [-0.4, -0.2) is 45.0 Å². The highest BCUT2D eigenvalue weighted by Crippen LogP contribution is 1.99. The van der Waals surface area contributed by atoms with Gasteiger partial charge in [0.15, 0.2) is 0 Å². The molecule has 18 heavy (non-hydrogen) atoms. The average molecular weight is 281 g/mol. The number of hydrogen-bond acceptors (Lipinski definition) is 5. The van der Waals surface area contributed by atoms with Crippen molar-refractivity contribution in [1.29, 1.82) is 0 Å². The average Bonchev–Trinajstić information content (AvgIpc) is 2.32. The zero-order valence-corrected chi connectivity index (χ0v) is 11.7. The number of ether oxygens (including phenoxy) is 1. The van der Waals surface area contributed by atoms with Crippen LogP contribution < -0.4 is 4.72 Å². The molecule has 0 atom stereocenters. The lowest BCUT2D eigenvalue weighted by Crippen LogP contribution is -2.28. The number of aliphatic hydroxyl groups is 1. The van der Waals surface area contributed by atoms with E-state index in [0.717, 1.165) is 25.7 Å². The van der Waals surface area contributed by atoms with E-state index in [-0.39, 0.29) is 25.4 Å². The molecular weight excluding hydrogens is 258 g/mol. The van der Waals surface area contributed by atoms with Crippen molar-refractivity contribution in [2.45, 2.75) is 39.0 Å². The second-order valence-electron chi connectivity index (χ2n) is 3.91. The first-order chi connectivity index (χ1) is 8.52. The van der Waals surface area contributed by atoms with E-state index in [4.69, 9.17) is 5.11 Å². The molecule has 0 saturated carbocycles. The quantitative estimate of drug-likeness (QED) is 0.423. The van der Waals surface area contributed by atoms with E-state index in [2.05, 4.69) is 9.46 Å². The van der Waals surface area contributed by atoms with Crippen LogP contribution in [0.5, 0.6) is 0 Å². The Morgan fingerprint density at radius 1 is 1.22 bits per heavy atom. The molecule has 0 aliphatic carbocycles. The molecular formula is C11H23NO5S. The Morgan fingerprint density at radius 3 is 2.50 bits per heavy atom. The predicted molar refractivity (Wildman–Crippen MR) is 68.6 cm³/mol. The molecule has 0 unspecified atom stereocenters. The largest absolute Gasteiger partial charge is 0.466 e. The lowest BCUT2D eigenvalue weighted by Gasteiger charge is -2.06. The Kier molecular flexibility index (Phi) is 9.90. The maximum absolute atomic E-state index is 11.5. The van der Waals surface area contributed by atoms with E-state index in [1.165, 1.54) is 0 Å². The van der Waals surface area contributed by atoms with Crippen LogP contribution >= 0.6 is 0 Å². The highest BCUT2D eigenvalue weighted by Gasteiger charge is 2.12. The number of sulfonamides is 1. The van der Waals surface area contributed by atoms with Crippen molar-refractivity contribution in [3.05, 3.63) is 0 Å². The third-order valence-corrected chi connectivity index (χ3v) is 3.67. The molecule has 0 aliphatic rings. The number of unbranched alkanes of at least 4 members (excludes halogenated alkanes) is 3. The van der Waals surface area contributed by atoms with Gasteiger partial charge < -0.3 is 9.84 Å². The minimum Gasteiger partial charge on any atom is -0.466 e. The van der Waals surface area contributed by atoms with Gasteiger partial charge in [0.1, 0.15) is 0 Å². The van der Waals surface area contributed by atoms with Crippen LogP contribution in [-0.2, 0) is 19.6 Å². The SMILES string of the molecule is CCOC(=O)CCS(=O)(=O)NCCCCCCO. The Balaban J connectivity index is 3.64. The molecule has 7 heteroatoms. The van der Waals surface area contributed by atoms with Gasteiger partial charge in [0.25, 0.3) is 0 Å². The Hall–Kier alpha value is -0.660. The minimum atomic E-state index is -3.39. The summed E-state index contributed by atoms with van der Waals surface area (Å²) in [5, 5.41) is 8.56. The molecule has 0 aromatic carbocycles. The second kappa shape index (κ2) is 10.3. The zero-order chi connectivity index (χ0) is 13.9. The predicted octanol–water partition coefficient (Wildman–Crippen LogP) is 0.412. The Bertz CT molecular complexity index is 315. The minimum absolute atomic E-state index is 0.117. The summed E-state index contributed by atoms with van der Waals surface area (Å²) in [5.41, 5.74) is 0. The first-order valence-electron chi connectivity index (χ1n) is 6.25. The van der Waals surface area contributed by atoms with Crippen LogP contribution in [0.15, 0.2) is 0 Å². The summed E-state index contributed by atoms with van der Waals surface area (Å²) in [6, 6.07) is 0. The van der Waals surface area contributed by atoms with Crippen LogP contribution in [0.25, 0.3) is 0 Å².